The smallest absolute Gasteiger partial charge is 0.366 e. The highest BCUT2D eigenvalue weighted by atomic mass is 127. The zero-order valence-electron chi connectivity index (χ0n) is 17.1. The van der Waals surface area contributed by atoms with Crippen molar-refractivity contribution in [3.63, 3.8) is 0 Å². The van der Waals surface area contributed by atoms with Crippen molar-refractivity contribution < 1.29 is 18.0 Å². The van der Waals surface area contributed by atoms with E-state index < -0.39 is 43.4 Å². The zero-order valence-corrected chi connectivity index (χ0v) is 20.0. The number of fused-ring (bicyclic) bond motifs is 1. The molecule has 11 heteroatoms. The van der Waals surface area contributed by atoms with Crippen molar-refractivity contribution in [2.75, 3.05) is 23.7 Å². The molecule has 0 fully saturated rings. The number of hydrogen-bond donors (Lipinski definition) is 3. The van der Waals surface area contributed by atoms with Crippen LogP contribution >= 0.6 is 32.3 Å². The van der Waals surface area contributed by atoms with E-state index in [9.17, 15) is 18.0 Å². The monoisotopic (exact) mass is 587 g/mol. The van der Waals surface area contributed by atoms with Crippen LogP contribution in [0.5, 0.6) is 0 Å². The average Bonchev–Trinajstić information content (AvgIpc) is 3.27. The van der Waals surface area contributed by atoms with Gasteiger partial charge < -0.3 is 15.6 Å². The Bertz CT molecular complexity index is 1350. The summed E-state index contributed by atoms with van der Waals surface area (Å²) in [7, 11) is 0. The molecule has 6 nitrogen and oxygen atoms in total. The minimum Gasteiger partial charge on any atom is -0.366 e. The minimum atomic E-state index is -4.63. The number of pyridine rings is 1. The van der Waals surface area contributed by atoms with Crippen LogP contribution in [0.15, 0.2) is 47.7 Å². The Morgan fingerprint density at radius 3 is 2.85 bits per heavy atom. The number of aromatic amines is 1. The van der Waals surface area contributed by atoms with E-state index in [0.29, 0.717) is 18.9 Å². The van der Waals surface area contributed by atoms with Gasteiger partial charge in [0.1, 0.15) is 11.3 Å². The standard InChI is InChI=1S/C22H18ClF3IN5O/c1-27-13-8-16(21(33)32-14-2-3-18(23)17(9-14)22(24,25)26)20(31-11-13)30-10-12-4-6-28-19-15(12)5-7-29-19/h2-3,5,7-9,11H,1,4,6,10H2,(H,28,29)(H,30,31)(H,32,33). The summed E-state index contributed by atoms with van der Waals surface area (Å²) in [5.74, 6) is -0.239. The molecular weight excluding hydrogens is 570 g/mol. The van der Waals surface area contributed by atoms with Crippen LogP contribution in [-0.4, -0.2) is 33.5 Å². The lowest BCUT2D eigenvalue weighted by Gasteiger charge is -2.15. The Morgan fingerprint density at radius 2 is 2.09 bits per heavy atom. The van der Waals surface area contributed by atoms with Gasteiger partial charge in [0, 0.05) is 40.0 Å². The van der Waals surface area contributed by atoms with Crippen molar-refractivity contribution in [2.24, 2.45) is 4.99 Å². The predicted octanol–water partition coefficient (Wildman–Crippen LogP) is 4.19. The van der Waals surface area contributed by atoms with Gasteiger partial charge >= 0.3 is 6.18 Å². The third kappa shape index (κ3) is 5.27. The van der Waals surface area contributed by atoms with E-state index in [4.69, 9.17) is 11.6 Å². The zero-order chi connectivity index (χ0) is 23.6. The second-order valence-corrected chi connectivity index (χ2v) is 9.57. The number of alkyl halides is 3. The number of rotatable bonds is 6. The van der Waals surface area contributed by atoms with Gasteiger partial charge in [0.05, 0.1) is 16.1 Å². The Labute approximate surface area is 201 Å². The number of anilines is 2. The maximum absolute atomic E-state index is 13.2. The molecular formula is C22H18ClF3IN5O. The summed E-state index contributed by atoms with van der Waals surface area (Å²) in [6, 6.07) is 6.87. The summed E-state index contributed by atoms with van der Waals surface area (Å²) in [5.41, 5.74) is 1.14. The molecule has 3 N–H and O–H groups in total. The topological polar surface area (TPSA) is 82.2 Å². The van der Waals surface area contributed by atoms with E-state index in [1.165, 1.54) is 6.07 Å². The first-order chi connectivity index (χ1) is 15.8. The van der Waals surface area contributed by atoms with Gasteiger partial charge in [0.2, 0.25) is 0 Å². The van der Waals surface area contributed by atoms with Crippen molar-refractivity contribution in [3.8, 4) is 0 Å². The number of H-pyrrole nitrogens is 1. The molecule has 172 valence electrons. The molecule has 4 rings (SSSR count). The van der Waals surface area contributed by atoms with E-state index in [2.05, 4.69) is 30.1 Å². The number of nitrogens with zero attached hydrogens (tertiary/aromatic N) is 2. The van der Waals surface area contributed by atoms with Crippen LogP contribution in [0, 0.1) is 3.57 Å². The van der Waals surface area contributed by atoms with Crippen LogP contribution in [0.1, 0.15) is 22.3 Å². The van der Waals surface area contributed by atoms with Gasteiger partial charge in [0.15, 0.2) is 0 Å². The lowest BCUT2D eigenvalue weighted by Crippen LogP contribution is -2.31. The molecule has 0 spiro atoms. The Hall–Kier alpha value is -2.73. The van der Waals surface area contributed by atoms with Crippen LogP contribution in [0.4, 0.5) is 24.7 Å². The van der Waals surface area contributed by atoms with Crippen molar-refractivity contribution in [2.45, 2.75) is 12.6 Å². The maximum Gasteiger partial charge on any atom is 0.417 e. The second kappa shape index (κ2) is 9.64. The summed E-state index contributed by atoms with van der Waals surface area (Å²) < 4.78 is 44.3. The maximum atomic E-state index is 13.2. The van der Waals surface area contributed by atoms with Crippen LogP contribution < -0.4 is 21.3 Å². The van der Waals surface area contributed by atoms with Crippen LogP contribution in [-0.2, 0) is 6.18 Å². The number of hydrogen-bond acceptors (Lipinski definition) is 4. The Balaban J connectivity index is 1.61. The molecule has 1 amide bonds. The van der Waals surface area contributed by atoms with E-state index in [1.807, 2.05) is 12.3 Å². The highest BCUT2D eigenvalue weighted by Gasteiger charge is 2.33. The lowest BCUT2D eigenvalue weighted by molar-refractivity contribution is -0.137. The number of carbonyl (C=O) groups excluding carboxylic acids is 1. The SMILES string of the molecule is C=Ic1cnc(NCC2=c3cc[nH]c3=NCC2)c(C(=O)Nc2ccc(Cl)c(C(F)(F)F)c2)c1. The number of amides is 1. The quantitative estimate of drug-likeness (QED) is 0.379. The molecule has 1 aliphatic rings. The molecule has 0 saturated carbocycles. The number of benzene rings is 1. The highest BCUT2D eigenvalue weighted by molar-refractivity contribution is 14.2. The van der Waals surface area contributed by atoms with Gasteiger partial charge in [0.25, 0.3) is 5.91 Å². The average molecular weight is 588 g/mol. The Morgan fingerprint density at radius 1 is 1.27 bits per heavy atom. The van der Waals surface area contributed by atoms with Crippen molar-refractivity contribution >= 4 is 59.8 Å². The molecule has 2 aromatic heterocycles. The molecule has 1 aliphatic heterocycles. The lowest BCUT2D eigenvalue weighted by atomic mass is 10.1. The second-order valence-electron chi connectivity index (χ2n) is 7.16. The van der Waals surface area contributed by atoms with Crippen LogP contribution in [0.3, 0.4) is 0 Å². The van der Waals surface area contributed by atoms with Crippen LogP contribution in [0.25, 0.3) is 5.57 Å². The minimum absolute atomic E-state index is 0.0161. The largest absolute Gasteiger partial charge is 0.417 e. The molecule has 0 bridgehead atoms. The third-order valence-corrected chi connectivity index (χ3v) is 6.84. The fourth-order valence-electron chi connectivity index (χ4n) is 3.43. The van der Waals surface area contributed by atoms with Gasteiger partial charge in [-0.25, -0.2) is 4.98 Å². The van der Waals surface area contributed by atoms with E-state index in [-0.39, 0.29) is 11.3 Å². The number of halogens is 5. The first kappa shape index (κ1) is 23.4. The molecule has 1 aromatic carbocycles. The first-order valence-corrected chi connectivity index (χ1v) is 12.7. The van der Waals surface area contributed by atoms with Crippen LogP contribution in [0.2, 0.25) is 5.02 Å². The number of carbonyl (C=O) groups is 1. The predicted molar refractivity (Wildman–Crippen MR) is 131 cm³/mol. The molecule has 33 heavy (non-hydrogen) atoms. The van der Waals surface area contributed by atoms with Crippen molar-refractivity contribution in [3.05, 3.63) is 73.2 Å². The van der Waals surface area contributed by atoms with Gasteiger partial charge in [-0.05, 0) is 42.3 Å². The summed E-state index contributed by atoms with van der Waals surface area (Å²) in [6.07, 6.45) is -0.381. The molecule has 3 heterocycles. The summed E-state index contributed by atoms with van der Waals surface area (Å²) in [6.45, 7) is 1.11. The number of nitrogens with one attached hydrogen (secondary N) is 3. The molecule has 0 unspecified atom stereocenters. The van der Waals surface area contributed by atoms with Gasteiger partial charge in [-0.3, -0.25) is 9.79 Å². The molecule has 0 radical (unpaired) electrons. The normalized spacial score (nSPS) is 13.3. The fraction of sp³-hybridized carbons (Fsp3) is 0.182. The third-order valence-electron chi connectivity index (χ3n) is 5.04. The molecule has 3 aromatic rings. The van der Waals surface area contributed by atoms with E-state index >= 15 is 0 Å². The summed E-state index contributed by atoms with van der Waals surface area (Å²) in [5, 5.41) is 6.31. The van der Waals surface area contributed by atoms with Gasteiger partial charge in [-0.1, -0.05) is 36.8 Å². The first-order valence-electron chi connectivity index (χ1n) is 9.76. The van der Waals surface area contributed by atoms with Crippen molar-refractivity contribution in [1.82, 2.24) is 9.97 Å². The highest BCUT2D eigenvalue weighted by Crippen LogP contribution is 2.36. The molecule has 0 saturated heterocycles. The molecule has 0 atom stereocenters. The van der Waals surface area contributed by atoms with Gasteiger partial charge in [-0.2, -0.15) is 13.2 Å². The van der Waals surface area contributed by atoms with Gasteiger partial charge in [-0.15, -0.1) is 0 Å². The number of aromatic nitrogens is 2. The summed E-state index contributed by atoms with van der Waals surface area (Å²) in [4.78, 5) is 24.9. The van der Waals surface area contributed by atoms with E-state index in [1.54, 1.807) is 12.3 Å². The van der Waals surface area contributed by atoms with E-state index in [0.717, 1.165) is 38.4 Å². The molecule has 0 aliphatic carbocycles. The summed E-state index contributed by atoms with van der Waals surface area (Å²) >= 11 is 5.08. The Kier molecular flexibility index (Phi) is 6.84. The fourth-order valence-corrected chi connectivity index (χ4v) is 4.53. The van der Waals surface area contributed by atoms with Crippen molar-refractivity contribution in [1.29, 1.82) is 0 Å².